The van der Waals surface area contributed by atoms with Crippen molar-refractivity contribution in [2.24, 2.45) is 0 Å². The third kappa shape index (κ3) is 5.48. The number of benzene rings is 2. The quantitative estimate of drug-likeness (QED) is 0.592. The van der Waals surface area contributed by atoms with Gasteiger partial charge >= 0.3 is 0 Å². The first-order chi connectivity index (χ1) is 15.2. The number of carbonyl (C=O) groups is 2. The van der Waals surface area contributed by atoms with Crippen LogP contribution in [-0.4, -0.2) is 44.3 Å². The van der Waals surface area contributed by atoms with Crippen molar-refractivity contribution in [3.8, 4) is 0 Å². The van der Waals surface area contributed by atoms with Gasteiger partial charge in [-0.2, -0.15) is 0 Å². The monoisotopic (exact) mass is 457 g/mol. The van der Waals surface area contributed by atoms with Crippen molar-refractivity contribution in [2.75, 3.05) is 17.8 Å². The summed E-state index contributed by atoms with van der Waals surface area (Å²) in [6.07, 6.45) is 3.27. The molecule has 0 spiro atoms. The first-order valence-electron chi connectivity index (χ1n) is 11.0. The predicted molar refractivity (Wildman–Crippen MR) is 125 cm³/mol. The molecule has 0 aliphatic carbocycles. The minimum absolute atomic E-state index is 0.129. The molecule has 2 aromatic carbocycles. The van der Waals surface area contributed by atoms with Gasteiger partial charge in [0.15, 0.2) is 0 Å². The fourth-order valence-electron chi connectivity index (χ4n) is 3.77. The van der Waals surface area contributed by atoms with Crippen LogP contribution >= 0.6 is 0 Å². The fraction of sp³-hybridized carbons (Fsp3) is 0.417. The Balaban J connectivity index is 1.75. The number of nitrogens with zero attached hydrogens (tertiary/aromatic N) is 1. The van der Waals surface area contributed by atoms with Gasteiger partial charge in [-0.25, -0.2) is 8.42 Å². The molecule has 32 heavy (non-hydrogen) atoms. The Morgan fingerprint density at radius 3 is 2.59 bits per heavy atom. The minimum Gasteiger partial charge on any atom is -0.354 e. The Morgan fingerprint density at radius 2 is 1.88 bits per heavy atom. The molecule has 2 N–H and O–H groups in total. The van der Waals surface area contributed by atoms with E-state index in [1.165, 1.54) is 6.07 Å². The second-order valence-electron chi connectivity index (χ2n) is 8.23. The van der Waals surface area contributed by atoms with Crippen molar-refractivity contribution in [1.82, 2.24) is 10.2 Å². The van der Waals surface area contributed by atoms with Gasteiger partial charge in [0.25, 0.3) is 15.9 Å². The van der Waals surface area contributed by atoms with Crippen LogP contribution in [-0.2, 0) is 14.8 Å². The Labute approximate surface area is 190 Å². The number of amides is 2. The van der Waals surface area contributed by atoms with Crippen LogP contribution in [0.25, 0.3) is 0 Å². The largest absolute Gasteiger partial charge is 0.354 e. The molecule has 2 amide bonds. The number of sulfonamides is 1. The Bertz CT molecular complexity index is 1100. The second kappa shape index (κ2) is 10.2. The standard InChI is InChI=1S/C24H31N3O4S/c1-4-5-13-25-23(28)22-10-7-14-27(22)24(29)19-8-6-9-20(16-19)26-32(30,31)21-12-11-17(2)18(3)15-21/h6,8-9,11-12,15-16,22,26H,4-5,7,10,13-14H2,1-3H3,(H,25,28)/t22-/m0/s1. The number of hydrogen-bond donors (Lipinski definition) is 2. The molecule has 0 aromatic heterocycles. The second-order valence-corrected chi connectivity index (χ2v) is 9.92. The number of aryl methyl sites for hydroxylation is 2. The number of rotatable bonds is 8. The Morgan fingerprint density at radius 1 is 1.09 bits per heavy atom. The minimum atomic E-state index is -3.79. The topological polar surface area (TPSA) is 95.6 Å². The van der Waals surface area contributed by atoms with Gasteiger partial charge in [-0.3, -0.25) is 14.3 Å². The molecule has 1 fully saturated rings. The van der Waals surface area contributed by atoms with E-state index >= 15 is 0 Å². The highest BCUT2D eigenvalue weighted by molar-refractivity contribution is 7.92. The highest BCUT2D eigenvalue weighted by Gasteiger charge is 2.34. The van der Waals surface area contributed by atoms with Crippen molar-refractivity contribution in [1.29, 1.82) is 0 Å². The van der Waals surface area contributed by atoms with E-state index < -0.39 is 16.1 Å². The van der Waals surface area contributed by atoms with E-state index in [4.69, 9.17) is 0 Å². The van der Waals surface area contributed by atoms with Crippen molar-refractivity contribution >= 4 is 27.5 Å². The molecule has 1 aliphatic rings. The van der Waals surface area contributed by atoms with Gasteiger partial charge in [0.2, 0.25) is 5.91 Å². The molecule has 0 bridgehead atoms. The summed E-state index contributed by atoms with van der Waals surface area (Å²) in [6.45, 7) is 6.94. The van der Waals surface area contributed by atoms with Gasteiger partial charge in [-0.05, 0) is 74.6 Å². The smallest absolute Gasteiger partial charge is 0.261 e. The van der Waals surface area contributed by atoms with Crippen LogP contribution in [0.1, 0.15) is 54.1 Å². The van der Waals surface area contributed by atoms with E-state index in [2.05, 4.69) is 17.0 Å². The Hall–Kier alpha value is -2.87. The molecule has 0 radical (unpaired) electrons. The predicted octanol–water partition coefficient (Wildman–Crippen LogP) is 3.63. The highest BCUT2D eigenvalue weighted by atomic mass is 32.2. The zero-order valence-corrected chi connectivity index (χ0v) is 19.7. The summed E-state index contributed by atoms with van der Waals surface area (Å²) in [4.78, 5) is 27.4. The van der Waals surface area contributed by atoms with Crippen molar-refractivity contribution in [2.45, 2.75) is 57.4 Å². The lowest BCUT2D eigenvalue weighted by molar-refractivity contribution is -0.124. The zero-order chi connectivity index (χ0) is 23.3. The van der Waals surface area contributed by atoms with Crippen molar-refractivity contribution in [3.63, 3.8) is 0 Å². The number of likely N-dealkylation sites (tertiary alicyclic amines) is 1. The summed E-state index contributed by atoms with van der Waals surface area (Å²) in [5, 5.41) is 2.91. The molecule has 7 nitrogen and oxygen atoms in total. The lowest BCUT2D eigenvalue weighted by Gasteiger charge is -2.24. The van der Waals surface area contributed by atoms with E-state index in [1.54, 1.807) is 41.3 Å². The molecule has 172 valence electrons. The first kappa shape index (κ1) is 23.8. The molecule has 0 saturated carbocycles. The van der Waals surface area contributed by atoms with Gasteiger partial charge in [0.1, 0.15) is 6.04 Å². The van der Waals surface area contributed by atoms with Crippen LogP contribution in [0.15, 0.2) is 47.4 Å². The van der Waals surface area contributed by atoms with Crippen LogP contribution < -0.4 is 10.0 Å². The highest BCUT2D eigenvalue weighted by Crippen LogP contribution is 2.23. The summed E-state index contributed by atoms with van der Waals surface area (Å²) >= 11 is 0. The van der Waals surface area contributed by atoms with Crippen LogP contribution in [0.4, 0.5) is 5.69 Å². The maximum Gasteiger partial charge on any atom is 0.261 e. The molecule has 2 aromatic rings. The molecule has 1 aliphatic heterocycles. The van der Waals surface area contributed by atoms with Crippen LogP contribution in [0.2, 0.25) is 0 Å². The van der Waals surface area contributed by atoms with Gasteiger partial charge in [0, 0.05) is 24.3 Å². The number of hydrogen-bond acceptors (Lipinski definition) is 4. The van der Waals surface area contributed by atoms with E-state index in [-0.39, 0.29) is 16.7 Å². The zero-order valence-electron chi connectivity index (χ0n) is 18.8. The summed E-state index contributed by atoms with van der Waals surface area (Å²) < 4.78 is 28.2. The van der Waals surface area contributed by atoms with E-state index in [9.17, 15) is 18.0 Å². The maximum atomic E-state index is 13.1. The number of unbranched alkanes of at least 4 members (excludes halogenated alkanes) is 1. The summed E-state index contributed by atoms with van der Waals surface area (Å²) in [5.41, 5.74) is 2.54. The molecule has 1 heterocycles. The van der Waals surface area contributed by atoms with Crippen molar-refractivity contribution in [3.05, 3.63) is 59.2 Å². The Kier molecular flexibility index (Phi) is 7.56. The number of anilines is 1. The number of carbonyl (C=O) groups excluding carboxylic acids is 2. The molecule has 8 heteroatoms. The average Bonchev–Trinajstić information content (AvgIpc) is 3.25. The normalized spacial score (nSPS) is 16.1. The van der Waals surface area contributed by atoms with Gasteiger partial charge in [0.05, 0.1) is 4.90 Å². The SMILES string of the molecule is CCCCNC(=O)[C@@H]1CCCN1C(=O)c1cccc(NS(=O)(=O)c2ccc(C)c(C)c2)c1. The maximum absolute atomic E-state index is 13.1. The van der Waals surface area contributed by atoms with E-state index in [1.807, 2.05) is 13.8 Å². The first-order valence-corrected chi connectivity index (χ1v) is 12.5. The number of nitrogens with one attached hydrogen (secondary N) is 2. The fourth-order valence-corrected chi connectivity index (χ4v) is 4.90. The lowest BCUT2D eigenvalue weighted by Crippen LogP contribution is -2.46. The van der Waals surface area contributed by atoms with E-state index in [0.717, 1.165) is 30.4 Å². The third-order valence-electron chi connectivity index (χ3n) is 5.80. The molecule has 0 unspecified atom stereocenters. The van der Waals surface area contributed by atoms with Crippen LogP contribution in [0, 0.1) is 13.8 Å². The molecule has 1 saturated heterocycles. The van der Waals surface area contributed by atoms with Gasteiger partial charge in [-0.15, -0.1) is 0 Å². The molecular formula is C24H31N3O4S. The summed E-state index contributed by atoms with van der Waals surface area (Å²) in [5.74, 6) is -0.402. The molecule has 3 rings (SSSR count). The average molecular weight is 458 g/mol. The molecular weight excluding hydrogens is 426 g/mol. The molecule has 1 atom stereocenters. The van der Waals surface area contributed by atoms with Crippen LogP contribution in [0.5, 0.6) is 0 Å². The van der Waals surface area contributed by atoms with Gasteiger partial charge < -0.3 is 10.2 Å². The van der Waals surface area contributed by atoms with Gasteiger partial charge in [-0.1, -0.05) is 25.5 Å². The third-order valence-corrected chi connectivity index (χ3v) is 7.18. The van der Waals surface area contributed by atoms with E-state index in [0.29, 0.717) is 30.8 Å². The lowest BCUT2D eigenvalue weighted by atomic mass is 10.1. The van der Waals surface area contributed by atoms with Crippen molar-refractivity contribution < 1.29 is 18.0 Å². The summed E-state index contributed by atoms with van der Waals surface area (Å²) in [7, 11) is -3.79. The van der Waals surface area contributed by atoms with Crippen LogP contribution in [0.3, 0.4) is 0 Å². The summed E-state index contributed by atoms with van der Waals surface area (Å²) in [6, 6.07) is 10.9.